The lowest BCUT2D eigenvalue weighted by atomic mass is 10.0. The highest BCUT2D eigenvalue weighted by atomic mass is 35.5. The molecule has 3 N–H and O–H groups in total. The maximum absolute atomic E-state index is 13.9. The fourth-order valence-electron chi connectivity index (χ4n) is 5.08. The van der Waals surface area contributed by atoms with E-state index in [1.54, 1.807) is 47.8 Å². The lowest BCUT2D eigenvalue weighted by Gasteiger charge is -2.37. The van der Waals surface area contributed by atoms with E-state index in [0.29, 0.717) is 49.7 Å². The summed E-state index contributed by atoms with van der Waals surface area (Å²) in [5.41, 5.74) is 2.49. The van der Waals surface area contributed by atoms with Gasteiger partial charge in [0.05, 0.1) is 31.5 Å². The Morgan fingerprint density at radius 1 is 0.857 bits per heavy atom. The normalized spacial score (nSPS) is 12.6. The number of nitrogens with zero attached hydrogens (tertiary/aromatic N) is 3. The molecule has 222 valence electrons. The zero-order valence-electron chi connectivity index (χ0n) is 24.2. The Morgan fingerprint density at radius 3 is 2.10 bits per heavy atom. The van der Waals surface area contributed by atoms with Gasteiger partial charge in [-0.05, 0) is 42.8 Å². The minimum atomic E-state index is -0.637. The second-order valence-electron chi connectivity index (χ2n) is 9.35. The average Bonchev–Trinajstić information content (AvgIpc) is 3.03. The Bertz CT molecular complexity index is 1550. The SMILES string of the molecule is CCOC(=O)c1c(N2CCN(C(=O)c3ccc(OC)cc3)CC2)c2ccccc2n(Cc2ccccc2)c1=O.CCl.N. The molecule has 1 aromatic heterocycles. The highest BCUT2D eigenvalue weighted by molar-refractivity contribution is 6.15. The fourth-order valence-corrected chi connectivity index (χ4v) is 5.08. The highest BCUT2D eigenvalue weighted by Gasteiger charge is 2.30. The summed E-state index contributed by atoms with van der Waals surface area (Å²) in [5, 5.41) is 0.797. The third kappa shape index (κ3) is 6.75. The summed E-state index contributed by atoms with van der Waals surface area (Å²) in [5.74, 6) is -0.00963. The van der Waals surface area contributed by atoms with Crippen LogP contribution in [-0.2, 0) is 11.3 Å². The molecule has 42 heavy (non-hydrogen) atoms. The average molecular weight is 593 g/mol. The third-order valence-electron chi connectivity index (χ3n) is 7.03. The number of amides is 1. The number of aromatic nitrogens is 1. The predicted molar refractivity (Wildman–Crippen MR) is 168 cm³/mol. The number of benzene rings is 3. The second-order valence-corrected chi connectivity index (χ2v) is 9.35. The van der Waals surface area contributed by atoms with Crippen LogP contribution < -0.4 is 21.3 Å². The molecule has 1 aliphatic rings. The van der Waals surface area contributed by atoms with Gasteiger partial charge in [-0.1, -0.05) is 48.5 Å². The number of hydrogen-bond acceptors (Lipinski definition) is 7. The molecule has 0 saturated carbocycles. The summed E-state index contributed by atoms with van der Waals surface area (Å²) in [6, 6.07) is 24.4. The third-order valence-corrected chi connectivity index (χ3v) is 7.03. The zero-order valence-corrected chi connectivity index (χ0v) is 25.0. The van der Waals surface area contributed by atoms with Crippen molar-refractivity contribution >= 4 is 40.1 Å². The van der Waals surface area contributed by atoms with Gasteiger partial charge in [0.25, 0.3) is 11.5 Å². The van der Waals surface area contributed by atoms with Crippen molar-refractivity contribution in [1.29, 1.82) is 0 Å². The Hall–Kier alpha value is -4.34. The van der Waals surface area contributed by atoms with Gasteiger partial charge in [0.1, 0.15) is 11.3 Å². The largest absolute Gasteiger partial charge is 0.497 e. The van der Waals surface area contributed by atoms with Crippen molar-refractivity contribution in [3.8, 4) is 5.75 Å². The van der Waals surface area contributed by atoms with Gasteiger partial charge >= 0.3 is 5.97 Å². The topological polar surface area (TPSA) is 116 Å². The molecule has 0 spiro atoms. The van der Waals surface area contributed by atoms with Crippen LogP contribution in [0.5, 0.6) is 5.75 Å². The summed E-state index contributed by atoms with van der Waals surface area (Å²) < 4.78 is 12.2. The maximum Gasteiger partial charge on any atom is 0.345 e. The molecule has 0 bridgehead atoms. The molecule has 0 unspecified atom stereocenters. The standard InChI is InChI=1S/C31H31N3O5.CH3Cl.H3N/c1-3-39-31(37)27-28(32-17-19-33(20-18-32)29(35)23-13-15-24(38-2)16-14-23)25-11-7-8-12-26(25)34(30(27)36)21-22-9-5-4-6-10-22;1-2;/h4-16H,3,17-21H2,1-2H3;1H3;1H3. The van der Waals surface area contributed by atoms with Crippen LogP contribution >= 0.6 is 11.6 Å². The number of para-hydroxylation sites is 1. The molecule has 2 heterocycles. The number of halogens is 1. The van der Waals surface area contributed by atoms with Gasteiger partial charge in [-0.3, -0.25) is 9.59 Å². The van der Waals surface area contributed by atoms with Crippen molar-refractivity contribution in [3.63, 3.8) is 0 Å². The smallest absolute Gasteiger partial charge is 0.345 e. The molecule has 1 aliphatic heterocycles. The van der Waals surface area contributed by atoms with Crippen molar-refractivity contribution in [2.45, 2.75) is 13.5 Å². The maximum atomic E-state index is 13.9. The number of alkyl halides is 1. The first-order valence-corrected chi connectivity index (χ1v) is 14.2. The van der Waals surface area contributed by atoms with Gasteiger partial charge in [0.2, 0.25) is 0 Å². The molecule has 0 aliphatic carbocycles. The van der Waals surface area contributed by atoms with Crippen LogP contribution in [0.3, 0.4) is 0 Å². The Morgan fingerprint density at radius 2 is 1.48 bits per heavy atom. The number of piperazine rings is 1. The lowest BCUT2D eigenvalue weighted by Crippen LogP contribution is -2.49. The molecule has 4 aromatic rings. The van der Waals surface area contributed by atoms with E-state index in [0.717, 1.165) is 16.5 Å². The molecule has 5 rings (SSSR count). The van der Waals surface area contributed by atoms with E-state index >= 15 is 0 Å². The fraction of sp³-hybridized carbons (Fsp3) is 0.281. The molecule has 9 nitrogen and oxygen atoms in total. The number of rotatable bonds is 7. The molecular formula is C32H37ClN4O5. The minimum Gasteiger partial charge on any atom is -0.497 e. The zero-order chi connectivity index (χ0) is 29.4. The van der Waals surface area contributed by atoms with Gasteiger partial charge in [-0.2, -0.15) is 0 Å². The monoisotopic (exact) mass is 592 g/mol. The lowest BCUT2D eigenvalue weighted by molar-refractivity contribution is 0.0523. The van der Waals surface area contributed by atoms with Crippen LogP contribution in [0.15, 0.2) is 83.7 Å². The Labute approximate surface area is 250 Å². The van der Waals surface area contributed by atoms with E-state index in [4.69, 9.17) is 9.47 Å². The summed E-state index contributed by atoms with van der Waals surface area (Å²) in [6.07, 6.45) is 1.47. The van der Waals surface area contributed by atoms with E-state index in [9.17, 15) is 14.4 Å². The molecular weight excluding hydrogens is 556 g/mol. The molecule has 3 aromatic carbocycles. The molecule has 10 heteroatoms. The van der Waals surface area contributed by atoms with Crippen molar-refractivity contribution in [2.24, 2.45) is 0 Å². The number of anilines is 1. The van der Waals surface area contributed by atoms with Crippen LogP contribution in [-0.4, -0.2) is 67.6 Å². The van der Waals surface area contributed by atoms with Crippen molar-refractivity contribution in [2.75, 3.05) is 51.2 Å². The van der Waals surface area contributed by atoms with Crippen LogP contribution in [0.2, 0.25) is 0 Å². The Balaban J connectivity index is 0.00000158. The number of carbonyl (C=O) groups excluding carboxylic acids is 2. The van der Waals surface area contributed by atoms with Crippen molar-refractivity contribution < 1.29 is 19.1 Å². The van der Waals surface area contributed by atoms with Crippen molar-refractivity contribution in [3.05, 3.63) is 106 Å². The summed E-state index contributed by atoms with van der Waals surface area (Å²) >= 11 is 4.64. The first-order valence-electron chi connectivity index (χ1n) is 13.4. The van der Waals surface area contributed by atoms with Gasteiger partial charge in [-0.15, -0.1) is 11.6 Å². The number of methoxy groups -OCH3 is 1. The van der Waals surface area contributed by atoms with Gasteiger partial charge < -0.3 is 30.0 Å². The van der Waals surface area contributed by atoms with Crippen LogP contribution in [0.4, 0.5) is 5.69 Å². The molecule has 0 radical (unpaired) electrons. The van der Waals surface area contributed by atoms with Gasteiger partial charge in [-0.25, -0.2) is 4.79 Å². The summed E-state index contributed by atoms with van der Waals surface area (Å²) in [4.78, 5) is 44.1. The number of ether oxygens (including phenoxy) is 2. The molecule has 0 atom stereocenters. The van der Waals surface area contributed by atoms with Crippen LogP contribution in [0, 0.1) is 0 Å². The van der Waals surface area contributed by atoms with E-state index in [2.05, 4.69) is 11.6 Å². The highest BCUT2D eigenvalue weighted by Crippen LogP contribution is 2.31. The van der Waals surface area contributed by atoms with E-state index in [1.165, 1.54) is 6.38 Å². The number of carbonyl (C=O) groups is 2. The number of esters is 1. The Kier molecular flexibility index (Phi) is 11.5. The van der Waals surface area contributed by atoms with E-state index < -0.39 is 5.97 Å². The van der Waals surface area contributed by atoms with Gasteiger partial charge in [0, 0.05) is 43.5 Å². The van der Waals surface area contributed by atoms with E-state index in [-0.39, 0.29) is 29.8 Å². The number of fused-ring (bicyclic) bond motifs is 1. The minimum absolute atomic E-state index is 0. The number of hydrogen-bond donors (Lipinski definition) is 1. The predicted octanol–water partition coefficient (Wildman–Crippen LogP) is 5.21. The molecule has 1 saturated heterocycles. The molecule has 1 amide bonds. The van der Waals surface area contributed by atoms with Gasteiger partial charge in [0.15, 0.2) is 0 Å². The first-order chi connectivity index (χ1) is 20.0. The quantitative estimate of drug-likeness (QED) is 0.231. The second kappa shape index (κ2) is 15.0. The first kappa shape index (κ1) is 32.2. The summed E-state index contributed by atoms with van der Waals surface area (Å²) in [7, 11) is 1.59. The van der Waals surface area contributed by atoms with Crippen molar-refractivity contribution in [1.82, 2.24) is 15.6 Å². The molecule has 1 fully saturated rings. The van der Waals surface area contributed by atoms with Crippen LogP contribution in [0.25, 0.3) is 10.9 Å². The summed E-state index contributed by atoms with van der Waals surface area (Å²) in [6.45, 7) is 4.07. The van der Waals surface area contributed by atoms with Crippen LogP contribution in [0.1, 0.15) is 33.2 Å². The number of pyridine rings is 1. The van der Waals surface area contributed by atoms with E-state index in [1.807, 2.05) is 59.5 Å².